The van der Waals surface area contributed by atoms with Crippen molar-refractivity contribution in [3.63, 3.8) is 0 Å². The molecule has 0 atom stereocenters. The molecule has 4 N–H and O–H groups in total. The Morgan fingerprint density at radius 3 is 2.52 bits per heavy atom. The number of guanidine groups is 1. The largest absolute Gasteiger partial charge is 0.370 e. The maximum Gasteiger partial charge on any atom is 0.267 e. The second-order valence-corrected chi connectivity index (χ2v) is 10.6. The van der Waals surface area contributed by atoms with Gasteiger partial charge in [-0.15, -0.1) is 0 Å². The van der Waals surface area contributed by atoms with E-state index in [4.69, 9.17) is 23.1 Å². The van der Waals surface area contributed by atoms with Gasteiger partial charge in [0.25, 0.3) is 10.0 Å². The third-order valence-electron chi connectivity index (χ3n) is 6.06. The molecule has 0 bridgehead atoms. The van der Waals surface area contributed by atoms with Gasteiger partial charge in [-0.05, 0) is 37.1 Å². The van der Waals surface area contributed by atoms with Crippen LogP contribution in [0.5, 0.6) is 0 Å². The van der Waals surface area contributed by atoms with E-state index in [1.54, 1.807) is 32.3 Å². The van der Waals surface area contributed by atoms with Crippen LogP contribution < -0.4 is 11.5 Å². The summed E-state index contributed by atoms with van der Waals surface area (Å²) >= 11 is 6.26. The van der Waals surface area contributed by atoms with Gasteiger partial charge in [0.15, 0.2) is 11.8 Å². The van der Waals surface area contributed by atoms with E-state index in [2.05, 4.69) is 9.98 Å². The van der Waals surface area contributed by atoms with Gasteiger partial charge in [0.2, 0.25) is 5.91 Å². The van der Waals surface area contributed by atoms with Gasteiger partial charge in [-0.1, -0.05) is 30.5 Å². The van der Waals surface area contributed by atoms with Crippen molar-refractivity contribution in [2.75, 3.05) is 14.1 Å². The van der Waals surface area contributed by atoms with Crippen molar-refractivity contribution in [2.45, 2.75) is 36.0 Å². The van der Waals surface area contributed by atoms with Gasteiger partial charge in [-0.25, -0.2) is 17.4 Å². The zero-order valence-electron chi connectivity index (χ0n) is 18.3. The minimum atomic E-state index is -4.05. The first-order valence-electron chi connectivity index (χ1n) is 10.4. The molecular weight excluding hydrogens is 464 g/mol. The van der Waals surface area contributed by atoms with Gasteiger partial charge in [0, 0.05) is 43.0 Å². The Bertz CT molecular complexity index is 1370. The van der Waals surface area contributed by atoms with Crippen LogP contribution in [0.4, 0.5) is 5.82 Å². The monoisotopic (exact) mass is 488 g/mol. The summed E-state index contributed by atoms with van der Waals surface area (Å²) < 4.78 is 28.7. The zero-order chi connectivity index (χ0) is 24.0. The fraction of sp³-hybridized carbons (Fsp3) is 0.318. The van der Waals surface area contributed by atoms with Gasteiger partial charge in [0.05, 0.1) is 15.3 Å². The lowest BCUT2D eigenvalue weighted by atomic mass is 9.81. The number of carbonyl (C=O) groups is 1. The molecule has 174 valence electrons. The third kappa shape index (κ3) is 3.83. The first-order chi connectivity index (χ1) is 15.6. The number of hydrogen-bond donors (Lipinski definition) is 2. The molecule has 4 rings (SSSR count). The molecule has 1 aliphatic carbocycles. The minimum absolute atomic E-state index is 0.00834. The second kappa shape index (κ2) is 8.35. The predicted molar refractivity (Wildman–Crippen MR) is 128 cm³/mol. The lowest BCUT2D eigenvalue weighted by Gasteiger charge is -2.31. The van der Waals surface area contributed by atoms with Crippen LogP contribution in [0.3, 0.4) is 0 Å². The van der Waals surface area contributed by atoms with E-state index < -0.39 is 15.4 Å². The molecule has 11 heteroatoms. The Balaban J connectivity index is 1.90. The number of fused-ring (bicyclic) bond motifs is 1. The number of nitrogens with two attached hydrogens (primary N) is 2. The van der Waals surface area contributed by atoms with E-state index in [0.717, 1.165) is 12.8 Å². The average Bonchev–Trinajstić information content (AvgIpc) is 3.45. The molecule has 0 saturated heterocycles. The summed E-state index contributed by atoms with van der Waals surface area (Å²) in [6, 6.07) is 7.89. The summed E-state index contributed by atoms with van der Waals surface area (Å²) in [5.41, 5.74) is 10.6. The highest BCUT2D eigenvalue weighted by atomic mass is 35.5. The maximum absolute atomic E-state index is 13.8. The van der Waals surface area contributed by atoms with Crippen molar-refractivity contribution in [1.29, 1.82) is 0 Å². The summed E-state index contributed by atoms with van der Waals surface area (Å²) in [4.78, 5) is 22.9. The number of likely N-dealkylation sites (N-methyl/N-ethyl adjacent to an activating group) is 1. The highest BCUT2D eigenvalue weighted by molar-refractivity contribution is 7.90. The van der Waals surface area contributed by atoms with Crippen molar-refractivity contribution in [3.8, 4) is 0 Å². The van der Waals surface area contributed by atoms with E-state index in [-0.39, 0.29) is 22.6 Å². The standard InChI is InChI=1S/C22H25ClN6O3S/c1-28(2)20(30)22(9-3-4-10-22)18-6-5-11-29(18)33(31,32)14-7-8-15-16(12-14)19(27-21(24)25)26-13-17(15)23/h5-8,11-13H,3-4,9-10H2,1-2H3,(H4,24,25,26,27). The summed E-state index contributed by atoms with van der Waals surface area (Å²) in [7, 11) is -0.667. The number of benzene rings is 1. The fourth-order valence-electron chi connectivity index (χ4n) is 4.59. The Hall–Kier alpha value is -3.11. The lowest BCUT2D eigenvalue weighted by Crippen LogP contribution is -2.43. The average molecular weight is 489 g/mol. The number of rotatable bonds is 5. The van der Waals surface area contributed by atoms with Crippen molar-refractivity contribution >= 4 is 50.1 Å². The third-order valence-corrected chi connectivity index (χ3v) is 8.04. The Kier molecular flexibility index (Phi) is 5.83. The van der Waals surface area contributed by atoms with Crippen LogP contribution in [-0.2, 0) is 20.2 Å². The predicted octanol–water partition coefficient (Wildman–Crippen LogP) is 2.73. The second-order valence-electron chi connectivity index (χ2n) is 8.36. The zero-order valence-corrected chi connectivity index (χ0v) is 19.9. The molecule has 1 saturated carbocycles. The van der Waals surface area contributed by atoms with E-state index in [9.17, 15) is 13.2 Å². The van der Waals surface area contributed by atoms with Crippen molar-refractivity contribution < 1.29 is 13.2 Å². The van der Waals surface area contributed by atoms with E-state index in [1.807, 2.05) is 0 Å². The SMILES string of the molecule is CN(C)C(=O)C1(c2cccn2S(=O)(=O)c2ccc3c(Cl)cnc(N=C(N)N)c3c2)CCCC1. The molecule has 2 aromatic heterocycles. The molecule has 1 fully saturated rings. The molecule has 3 aromatic rings. The van der Waals surface area contributed by atoms with Crippen LogP contribution in [0.2, 0.25) is 5.02 Å². The van der Waals surface area contributed by atoms with Crippen molar-refractivity contribution in [3.05, 3.63) is 53.4 Å². The first kappa shape index (κ1) is 23.1. The van der Waals surface area contributed by atoms with Gasteiger partial charge in [-0.3, -0.25) is 4.79 Å². The number of aliphatic imine (C=N–C) groups is 1. The van der Waals surface area contributed by atoms with E-state index >= 15 is 0 Å². The number of nitrogens with zero attached hydrogens (tertiary/aromatic N) is 4. The number of carbonyl (C=O) groups excluding carboxylic acids is 1. The van der Waals surface area contributed by atoms with Gasteiger partial charge in [0.1, 0.15) is 0 Å². The quantitative estimate of drug-likeness (QED) is 0.418. The molecule has 1 aliphatic rings. The van der Waals surface area contributed by atoms with Crippen molar-refractivity contribution in [2.24, 2.45) is 16.5 Å². The van der Waals surface area contributed by atoms with Crippen LogP contribution in [0.15, 0.2) is 52.6 Å². The van der Waals surface area contributed by atoms with E-state index in [0.29, 0.717) is 34.3 Å². The fourth-order valence-corrected chi connectivity index (χ4v) is 6.26. The van der Waals surface area contributed by atoms with Gasteiger partial charge in [-0.2, -0.15) is 4.99 Å². The number of halogens is 1. The number of hydrogen-bond acceptors (Lipinski definition) is 5. The Labute approximate surface area is 197 Å². The molecular formula is C22H25ClN6O3S. The first-order valence-corrected chi connectivity index (χ1v) is 12.2. The topological polar surface area (TPSA) is 137 Å². The molecule has 1 aromatic carbocycles. The molecule has 0 aliphatic heterocycles. The van der Waals surface area contributed by atoms with Crippen LogP contribution in [0.1, 0.15) is 31.4 Å². The minimum Gasteiger partial charge on any atom is -0.370 e. The van der Waals surface area contributed by atoms with Crippen molar-refractivity contribution in [1.82, 2.24) is 13.9 Å². The molecule has 2 heterocycles. The smallest absolute Gasteiger partial charge is 0.267 e. The Morgan fingerprint density at radius 1 is 1.18 bits per heavy atom. The van der Waals surface area contributed by atoms with Crippen LogP contribution >= 0.6 is 11.6 Å². The molecule has 33 heavy (non-hydrogen) atoms. The molecule has 0 unspecified atom stereocenters. The highest BCUT2D eigenvalue weighted by Gasteiger charge is 2.46. The highest BCUT2D eigenvalue weighted by Crippen LogP contribution is 2.43. The number of amides is 1. The molecule has 0 radical (unpaired) electrons. The summed E-state index contributed by atoms with van der Waals surface area (Å²) in [6.07, 6.45) is 5.77. The molecule has 1 amide bonds. The molecule has 9 nitrogen and oxygen atoms in total. The normalized spacial score (nSPS) is 15.5. The van der Waals surface area contributed by atoms with Gasteiger partial charge < -0.3 is 16.4 Å². The molecule has 0 spiro atoms. The lowest BCUT2D eigenvalue weighted by molar-refractivity contribution is -0.134. The summed E-state index contributed by atoms with van der Waals surface area (Å²) in [5, 5.41) is 1.30. The van der Waals surface area contributed by atoms with Crippen LogP contribution in [-0.4, -0.2) is 48.2 Å². The number of aromatic nitrogens is 2. The summed E-state index contributed by atoms with van der Waals surface area (Å²) in [5.74, 6) is -0.147. The van der Waals surface area contributed by atoms with Crippen LogP contribution in [0, 0.1) is 0 Å². The summed E-state index contributed by atoms with van der Waals surface area (Å²) in [6.45, 7) is 0. The maximum atomic E-state index is 13.8. The van der Waals surface area contributed by atoms with Crippen LogP contribution in [0.25, 0.3) is 10.8 Å². The number of pyridine rings is 1. The Morgan fingerprint density at radius 2 is 1.88 bits per heavy atom. The van der Waals surface area contributed by atoms with E-state index in [1.165, 1.54) is 33.4 Å². The van der Waals surface area contributed by atoms with Gasteiger partial charge >= 0.3 is 0 Å².